The van der Waals surface area contributed by atoms with Crippen LogP contribution in [0.4, 0.5) is 0 Å². The Balaban J connectivity index is 0.763. The summed E-state index contributed by atoms with van der Waals surface area (Å²) in [5.41, 5.74) is 28.2. The molecule has 0 unspecified atom stereocenters. The van der Waals surface area contributed by atoms with E-state index in [1.165, 1.54) is 9.80 Å². The summed E-state index contributed by atoms with van der Waals surface area (Å²) in [4.78, 5) is 180. The summed E-state index contributed by atoms with van der Waals surface area (Å²) in [5.74, 6) is -6.24. The molecule has 2 aliphatic heterocycles. The molecule has 4 saturated carbocycles. The van der Waals surface area contributed by atoms with E-state index >= 15 is 19.2 Å². The molecule has 6 aliphatic rings. The van der Waals surface area contributed by atoms with Gasteiger partial charge in [0.25, 0.3) is 5.91 Å². The molecule has 1 aromatic heterocycles. The van der Waals surface area contributed by atoms with Gasteiger partial charge in [0.05, 0.1) is 24.4 Å². The smallest absolute Gasteiger partial charge is 0.264 e. The number of fused-ring (bicyclic) bond motifs is 6. The quantitative estimate of drug-likeness (QED) is 0.0130. The van der Waals surface area contributed by atoms with Crippen molar-refractivity contribution in [2.45, 2.75) is 255 Å². The fourth-order valence-electron chi connectivity index (χ4n) is 20.8. The number of nitrogens with zero attached hydrogens (tertiary/aromatic N) is 4. The number of carbonyl (C=O) groups excluding carboxylic acids is 12. The maximum atomic E-state index is 15.5. The summed E-state index contributed by atoms with van der Waals surface area (Å²) < 4.78 is 0. The summed E-state index contributed by atoms with van der Waals surface area (Å²) in [6, 6.07) is 14.1. The highest BCUT2D eigenvalue weighted by atomic mass is 32.2. The number of amides is 12. The summed E-state index contributed by atoms with van der Waals surface area (Å²) in [6.07, 6.45) is 12.3. The van der Waals surface area contributed by atoms with Gasteiger partial charge in [0.15, 0.2) is 5.96 Å². The average molecular weight is 1780 g/mol. The monoisotopic (exact) mass is 1780 g/mol. The molecule has 10 rings (SSSR count). The number of H-pyrrole nitrogens is 1. The highest BCUT2D eigenvalue weighted by Crippen LogP contribution is 2.68. The molecule has 3 aromatic carbocycles. The van der Waals surface area contributed by atoms with Crippen LogP contribution in [0, 0.1) is 52.3 Å². The second-order valence-corrected chi connectivity index (χ2v) is 37.6. The Hall–Kier alpha value is -10.2. The molecule has 20 atom stereocenters. The Morgan fingerprint density at radius 2 is 1.17 bits per heavy atom. The number of aliphatic imine (C=N–C) groups is 1. The number of hydrazone groups is 1. The molecule has 4 aliphatic carbocycles. The number of nitrogens with one attached hydrogen (secondary N) is 11. The van der Waals surface area contributed by atoms with Crippen LogP contribution in [-0.4, -0.2) is 244 Å². The molecule has 696 valence electrons. The van der Waals surface area contributed by atoms with Gasteiger partial charge in [-0.05, 0) is 209 Å². The molecular weight excluding hydrogens is 1640 g/mol. The fraction of sp³-hybridized carbons (Fsp3) is 0.630. The molecule has 0 radical (unpaired) electrons. The van der Waals surface area contributed by atoms with Gasteiger partial charge in [-0.1, -0.05) is 113 Å². The van der Waals surface area contributed by atoms with Gasteiger partial charge in [0.1, 0.15) is 61.1 Å². The van der Waals surface area contributed by atoms with Gasteiger partial charge >= 0.3 is 0 Å². The molecule has 2 saturated heterocycles. The predicted molar refractivity (Wildman–Crippen MR) is 485 cm³/mol. The lowest BCUT2D eigenvalue weighted by atomic mass is 9.43. The number of hydrogen-bond donors (Lipinski definition) is 18. The number of aliphatic hydroxyl groups is 3. The number of primary amides is 1. The van der Waals surface area contributed by atoms with Crippen molar-refractivity contribution in [3.8, 4) is 0 Å². The molecule has 35 heteroatoms. The zero-order valence-corrected chi connectivity index (χ0v) is 75.2. The fourth-order valence-corrected chi connectivity index (χ4v) is 21.3. The highest BCUT2D eigenvalue weighted by Gasteiger charge is 2.66. The molecule has 3 heterocycles. The maximum Gasteiger partial charge on any atom is 0.264 e. The summed E-state index contributed by atoms with van der Waals surface area (Å²) >= 11 is 1.54. The summed E-state index contributed by atoms with van der Waals surface area (Å²) in [5, 5.41) is 64.5. The number of benzene rings is 3. The van der Waals surface area contributed by atoms with Gasteiger partial charge in [0.2, 0.25) is 65.0 Å². The van der Waals surface area contributed by atoms with Gasteiger partial charge in [-0.3, -0.25) is 62.5 Å². The molecule has 12 amide bonds. The maximum absolute atomic E-state index is 15.5. The van der Waals surface area contributed by atoms with Crippen molar-refractivity contribution in [2.75, 3.05) is 57.8 Å². The van der Waals surface area contributed by atoms with Crippen molar-refractivity contribution >= 4 is 106 Å². The van der Waals surface area contributed by atoms with Gasteiger partial charge in [-0.15, -0.1) is 0 Å². The van der Waals surface area contributed by atoms with Crippen LogP contribution in [0.5, 0.6) is 0 Å². The molecular formula is C92H137N19O15S. The number of thioether (sulfide) groups is 1. The number of nitrogens with two attached hydrogens (primary N) is 4. The lowest BCUT2D eigenvalue weighted by molar-refractivity contribution is -0.207. The number of likely N-dealkylation sites (tertiary alicyclic amines) is 2. The van der Waals surface area contributed by atoms with Crippen LogP contribution < -0.4 is 76.2 Å². The van der Waals surface area contributed by atoms with E-state index in [-0.39, 0.29) is 167 Å². The molecule has 34 nitrogen and oxygen atoms in total. The Bertz CT molecular complexity index is 4460. The van der Waals surface area contributed by atoms with Crippen molar-refractivity contribution in [1.29, 1.82) is 0 Å². The van der Waals surface area contributed by atoms with Gasteiger partial charge < -0.3 is 106 Å². The van der Waals surface area contributed by atoms with Crippen LogP contribution in [-0.2, 0) is 76.8 Å². The molecule has 0 spiro atoms. The molecule has 4 aromatic rings. The number of para-hydroxylation sites is 1. The SMILES string of the molecule is CSCC[C@H](N)C(=O)N1CCC[C@H]1C(=O)N[C@H](Cc1ccccc1)C(=O)N[C@@H](CCCN=C(N)N)C(=O)N[C@H](Cc1c[nH]c2ccccc12)C(=O)N[C@@H](Cc1ccccc1)C(=O)N[C@@H](CCCCNC(=O)CN/N=C/C(=O)NCCCNC(=O)CC[C@@H](C)[C@H]1CC[C@H]2[C@@H]3[C@H](O)C[C@@H]4C[C@H](O)CC[C@]4(C)[C@H]3C[C@H](O)[C@]12C)C(=O)N1CCC[C@H]1C(=O)N[C@H](C(N)=O)C(C)C. The number of aromatic amines is 1. The molecule has 6 fully saturated rings. The van der Waals surface area contributed by atoms with Crippen LogP contribution in [0.1, 0.15) is 180 Å². The lowest BCUT2D eigenvalue weighted by Crippen LogP contribution is -2.62. The highest BCUT2D eigenvalue weighted by molar-refractivity contribution is 7.98. The van der Waals surface area contributed by atoms with Crippen molar-refractivity contribution in [3.05, 3.63) is 108 Å². The summed E-state index contributed by atoms with van der Waals surface area (Å²) in [6.45, 7) is 10.9. The van der Waals surface area contributed by atoms with Gasteiger partial charge in [0, 0.05) is 82.1 Å². The number of carbonyl (C=O) groups is 12. The van der Waals surface area contributed by atoms with Crippen molar-refractivity contribution in [1.82, 2.24) is 68.1 Å². The number of hydrogen-bond acceptors (Lipinski definition) is 20. The van der Waals surface area contributed by atoms with E-state index in [1.54, 1.807) is 92.5 Å². The third kappa shape index (κ3) is 26.5. The first kappa shape index (κ1) is 98.9. The van der Waals surface area contributed by atoms with Crippen LogP contribution in [0.3, 0.4) is 0 Å². The number of aliphatic hydroxyl groups excluding tert-OH is 3. The van der Waals surface area contributed by atoms with Crippen molar-refractivity contribution in [2.24, 2.45) is 85.3 Å². The summed E-state index contributed by atoms with van der Waals surface area (Å²) in [7, 11) is 0. The zero-order chi connectivity index (χ0) is 91.7. The number of rotatable bonds is 46. The van der Waals surface area contributed by atoms with E-state index in [9.17, 15) is 53.7 Å². The lowest BCUT2D eigenvalue weighted by Gasteiger charge is -2.63. The van der Waals surface area contributed by atoms with E-state index in [4.69, 9.17) is 22.9 Å². The average Bonchev–Trinajstić information content (AvgIpc) is 1.62. The first-order valence-electron chi connectivity index (χ1n) is 45.6. The second-order valence-electron chi connectivity index (χ2n) is 36.6. The van der Waals surface area contributed by atoms with E-state index in [0.29, 0.717) is 104 Å². The van der Waals surface area contributed by atoms with Gasteiger partial charge in [-0.25, -0.2) is 0 Å². The molecule has 22 N–H and O–H groups in total. The van der Waals surface area contributed by atoms with Crippen molar-refractivity contribution < 1.29 is 72.9 Å². The van der Waals surface area contributed by atoms with Crippen LogP contribution in [0.25, 0.3) is 10.9 Å². The number of unbranched alkanes of at least 4 members (excludes halogenated alkanes) is 1. The van der Waals surface area contributed by atoms with E-state index in [1.807, 2.05) is 30.5 Å². The molecule has 127 heavy (non-hydrogen) atoms. The minimum Gasteiger partial charge on any atom is -0.393 e. The van der Waals surface area contributed by atoms with Crippen LogP contribution in [0.2, 0.25) is 0 Å². The van der Waals surface area contributed by atoms with E-state index in [0.717, 1.165) is 31.9 Å². The second kappa shape index (κ2) is 47.2. The Kier molecular flexibility index (Phi) is 36.8. The predicted octanol–water partition coefficient (Wildman–Crippen LogP) is 2.22. The minimum atomic E-state index is -1.49. The van der Waals surface area contributed by atoms with Crippen LogP contribution in [0.15, 0.2) is 101 Å². The minimum absolute atomic E-state index is 0.0144. The number of guanidine groups is 1. The third-order valence-corrected chi connectivity index (χ3v) is 28.4. The topological polar surface area (TPSA) is 537 Å². The Morgan fingerprint density at radius 1 is 0.598 bits per heavy atom. The van der Waals surface area contributed by atoms with E-state index in [2.05, 4.69) is 89.1 Å². The Labute approximate surface area is 748 Å². The third-order valence-electron chi connectivity index (χ3n) is 27.7. The largest absolute Gasteiger partial charge is 0.393 e. The first-order chi connectivity index (χ1) is 60.8. The standard InChI is InChI=1S/C92H137N19O15S/c1-54(2)80(81(94)118)109-87(124)73-30-19-43-111(73)89(126)68(27-15-16-38-98-77(116)52-102-103-53-78(117)99-41-20-40-97-76(115)34-31-55(3)62-32-33-63-79-64(50-75(114)92(62,63)5)91(4)37-35-60(112)48-59(91)49-74(79)113)105-84(121)69(45-56-21-9-7-10-22-56)106-85(122)71(47-58-51-101-66-26-14-13-25-61(58)66)107-82(119)67(28-17-39-100-90(95)96)104-83(120)70(46-57-23-11-8-12-24-57)108-86(123)72-29-18-42-110(72)88(125)65(93)36-44-127-6/h7-14,21-26,51,53-55,59-60,62-65,67-75,79-80,101-102,112-114H,15-20,27-50,52,93H2,1-6H3,(H2,94,118)(H,97,115)(H,98,116)(H,99,117)(H,104,120)(H,105,121)(H,106,122)(H,107,119)(H,108,123)(H,109,124)(H4,95,96,100)/b103-53+/t55-,59+,60-,62-,63+,64+,65+,67+,68+,69+,70-,71-,72+,73+,74-,75+,79+,80+,91+,92-/m1/s1. The van der Waals surface area contributed by atoms with Crippen molar-refractivity contribution in [3.63, 3.8) is 0 Å². The zero-order valence-electron chi connectivity index (χ0n) is 74.4. The number of aromatic nitrogens is 1. The normalized spacial score (nSPS) is 24.9. The molecule has 0 bridgehead atoms. The first-order valence-corrected chi connectivity index (χ1v) is 47.0. The van der Waals surface area contributed by atoms with Crippen LogP contribution >= 0.6 is 11.8 Å². The Morgan fingerprint density at radius 3 is 1.82 bits per heavy atom. The van der Waals surface area contributed by atoms with E-state index < -0.39 is 132 Å². The van der Waals surface area contributed by atoms with Gasteiger partial charge in [-0.2, -0.15) is 16.9 Å².